The second-order valence-electron chi connectivity index (χ2n) is 5.39. The van der Waals surface area contributed by atoms with E-state index in [2.05, 4.69) is 10.5 Å². The third kappa shape index (κ3) is 4.95. The number of hydrogen-bond acceptors (Lipinski definition) is 6. The number of sulfone groups is 1. The van der Waals surface area contributed by atoms with Gasteiger partial charge in [-0.3, -0.25) is 4.79 Å². The molecule has 126 valence electrons. The number of phenols is 1. The fraction of sp³-hybridized carbons (Fsp3) is 0.467. The van der Waals surface area contributed by atoms with E-state index in [9.17, 15) is 18.3 Å². The number of carbonyl (C=O) groups is 1. The second kappa shape index (κ2) is 7.45. The van der Waals surface area contributed by atoms with Gasteiger partial charge in [-0.25, -0.2) is 13.8 Å². The molecule has 1 saturated heterocycles. The normalized spacial score (nSPS) is 19.8. The summed E-state index contributed by atoms with van der Waals surface area (Å²) in [4.78, 5) is 11.7. The van der Waals surface area contributed by atoms with Crippen LogP contribution in [-0.4, -0.2) is 43.8 Å². The number of hydrogen-bond donors (Lipinski definition) is 2. The predicted molar refractivity (Wildman–Crippen MR) is 86.4 cm³/mol. The van der Waals surface area contributed by atoms with Gasteiger partial charge in [0.05, 0.1) is 24.3 Å². The number of para-hydroxylation sites is 1. The van der Waals surface area contributed by atoms with E-state index < -0.39 is 9.84 Å². The fourth-order valence-corrected chi connectivity index (χ4v) is 4.29. The van der Waals surface area contributed by atoms with Crippen LogP contribution in [0.3, 0.4) is 0 Å². The number of hydrazone groups is 1. The quantitative estimate of drug-likeness (QED) is 0.595. The average Bonchev–Trinajstić information content (AvgIpc) is 2.82. The van der Waals surface area contributed by atoms with Crippen LogP contribution in [0.25, 0.3) is 0 Å². The van der Waals surface area contributed by atoms with E-state index in [1.54, 1.807) is 18.2 Å². The first-order valence-electron chi connectivity index (χ1n) is 7.38. The van der Waals surface area contributed by atoms with Crippen LogP contribution in [0.4, 0.5) is 0 Å². The topological polar surface area (TPSA) is 105 Å². The molecular formula is C15H20N2O5S. The first-order valence-corrected chi connectivity index (χ1v) is 9.20. The van der Waals surface area contributed by atoms with Crippen LogP contribution in [0.2, 0.25) is 0 Å². The Morgan fingerprint density at radius 1 is 1.52 bits per heavy atom. The summed E-state index contributed by atoms with van der Waals surface area (Å²) in [6.45, 7) is 2.23. The first kappa shape index (κ1) is 17.3. The van der Waals surface area contributed by atoms with E-state index >= 15 is 0 Å². The van der Waals surface area contributed by atoms with Crippen molar-refractivity contribution in [2.75, 3.05) is 18.1 Å². The number of ether oxygens (including phenoxy) is 1. The Kier molecular flexibility index (Phi) is 5.59. The summed E-state index contributed by atoms with van der Waals surface area (Å²) in [5.41, 5.74) is 2.76. The zero-order valence-corrected chi connectivity index (χ0v) is 13.7. The number of phenolic OH excluding ortho intramolecular Hbond substituents is 1. The molecule has 0 saturated carbocycles. The molecule has 2 N–H and O–H groups in total. The highest BCUT2D eigenvalue weighted by atomic mass is 32.2. The molecule has 0 unspecified atom stereocenters. The van der Waals surface area contributed by atoms with Gasteiger partial charge in [-0.2, -0.15) is 5.10 Å². The lowest BCUT2D eigenvalue weighted by atomic mass is 10.1. The number of amides is 1. The zero-order chi connectivity index (χ0) is 16.9. The van der Waals surface area contributed by atoms with Gasteiger partial charge in [-0.1, -0.05) is 6.07 Å². The predicted octanol–water partition coefficient (Wildman–Crippen LogP) is 1.07. The number of nitrogens with zero attached hydrogens (tertiary/aromatic N) is 1. The highest BCUT2D eigenvalue weighted by Crippen LogP contribution is 2.28. The lowest BCUT2D eigenvalue weighted by molar-refractivity contribution is -0.121. The van der Waals surface area contributed by atoms with Crippen molar-refractivity contribution in [3.63, 3.8) is 0 Å². The van der Waals surface area contributed by atoms with Crippen molar-refractivity contribution >= 4 is 22.0 Å². The lowest BCUT2D eigenvalue weighted by Crippen LogP contribution is -2.21. The maximum Gasteiger partial charge on any atom is 0.240 e. The maximum atomic E-state index is 11.7. The van der Waals surface area contributed by atoms with Crippen molar-refractivity contribution in [3.8, 4) is 11.5 Å². The van der Waals surface area contributed by atoms with Gasteiger partial charge < -0.3 is 9.84 Å². The molecule has 1 aliphatic heterocycles. The molecule has 1 aromatic rings. The molecule has 1 atom stereocenters. The summed E-state index contributed by atoms with van der Waals surface area (Å²) in [6, 6.07) is 4.98. The number of rotatable bonds is 6. The third-order valence-corrected chi connectivity index (χ3v) is 5.36. The van der Waals surface area contributed by atoms with Gasteiger partial charge in [-0.05, 0) is 31.4 Å². The van der Waals surface area contributed by atoms with Crippen molar-refractivity contribution in [2.24, 2.45) is 11.0 Å². The van der Waals surface area contributed by atoms with E-state index in [0.717, 1.165) is 0 Å². The van der Waals surface area contributed by atoms with Crippen molar-refractivity contribution in [1.29, 1.82) is 0 Å². The van der Waals surface area contributed by atoms with Gasteiger partial charge in [0.15, 0.2) is 21.3 Å². The molecule has 7 nitrogen and oxygen atoms in total. The summed E-state index contributed by atoms with van der Waals surface area (Å²) >= 11 is 0. The van der Waals surface area contributed by atoms with Crippen molar-refractivity contribution in [1.82, 2.24) is 5.43 Å². The van der Waals surface area contributed by atoms with Crippen LogP contribution in [-0.2, 0) is 14.6 Å². The van der Waals surface area contributed by atoms with E-state index in [1.165, 1.54) is 6.21 Å². The summed E-state index contributed by atoms with van der Waals surface area (Å²) in [7, 11) is -2.99. The second-order valence-corrected chi connectivity index (χ2v) is 7.62. The Hall–Kier alpha value is -2.09. The molecule has 0 aliphatic carbocycles. The highest BCUT2D eigenvalue weighted by Gasteiger charge is 2.29. The van der Waals surface area contributed by atoms with Gasteiger partial charge in [0.1, 0.15) is 0 Å². The van der Waals surface area contributed by atoms with Crippen LogP contribution >= 0.6 is 0 Å². The van der Waals surface area contributed by atoms with Gasteiger partial charge in [0, 0.05) is 12.0 Å². The van der Waals surface area contributed by atoms with Crippen LogP contribution in [0.5, 0.6) is 11.5 Å². The molecule has 1 aromatic carbocycles. The zero-order valence-electron chi connectivity index (χ0n) is 12.9. The summed E-state index contributed by atoms with van der Waals surface area (Å²) in [6.07, 6.45) is 1.96. The van der Waals surface area contributed by atoms with Crippen molar-refractivity contribution in [3.05, 3.63) is 23.8 Å². The van der Waals surface area contributed by atoms with Gasteiger partial charge >= 0.3 is 0 Å². The molecule has 1 fully saturated rings. The van der Waals surface area contributed by atoms with Crippen molar-refractivity contribution in [2.45, 2.75) is 19.8 Å². The molecule has 1 amide bonds. The molecule has 8 heteroatoms. The SMILES string of the molecule is CCOc1cccc(/C=N/NC(=O)C[C@@H]2CCS(=O)(=O)C2)c1O. The Morgan fingerprint density at radius 2 is 2.30 bits per heavy atom. The van der Waals surface area contributed by atoms with Crippen LogP contribution < -0.4 is 10.2 Å². The summed E-state index contributed by atoms with van der Waals surface area (Å²) in [5, 5.41) is 13.8. The van der Waals surface area contributed by atoms with E-state index in [0.29, 0.717) is 24.3 Å². The number of carbonyl (C=O) groups excluding carboxylic acids is 1. The molecule has 23 heavy (non-hydrogen) atoms. The molecule has 1 heterocycles. The van der Waals surface area contributed by atoms with Crippen LogP contribution in [0.15, 0.2) is 23.3 Å². The maximum absolute atomic E-state index is 11.7. The summed E-state index contributed by atoms with van der Waals surface area (Å²) in [5.74, 6) is 0.00930. The number of nitrogens with one attached hydrogen (secondary N) is 1. The van der Waals surface area contributed by atoms with Gasteiger partial charge in [-0.15, -0.1) is 0 Å². The van der Waals surface area contributed by atoms with E-state index in [1.807, 2.05) is 6.92 Å². The molecule has 0 bridgehead atoms. The first-order chi connectivity index (χ1) is 10.9. The minimum absolute atomic E-state index is 0.0470. The van der Waals surface area contributed by atoms with Crippen LogP contribution in [0.1, 0.15) is 25.3 Å². The lowest BCUT2D eigenvalue weighted by Gasteiger charge is -2.07. The smallest absolute Gasteiger partial charge is 0.240 e. The Morgan fingerprint density at radius 3 is 2.96 bits per heavy atom. The Bertz CT molecular complexity index is 700. The van der Waals surface area contributed by atoms with E-state index in [4.69, 9.17) is 4.74 Å². The highest BCUT2D eigenvalue weighted by molar-refractivity contribution is 7.91. The van der Waals surface area contributed by atoms with E-state index in [-0.39, 0.29) is 35.5 Å². The standard InChI is InChI=1S/C15H20N2O5S/c1-2-22-13-5-3-4-12(15(13)19)9-16-17-14(18)8-11-6-7-23(20,21)10-11/h3-5,9,11,19H,2,6-8,10H2,1H3,(H,17,18)/b16-9+/t11-/m0/s1. The number of benzene rings is 1. The Labute approximate surface area is 135 Å². The van der Waals surface area contributed by atoms with Crippen molar-refractivity contribution < 1.29 is 23.1 Å². The average molecular weight is 340 g/mol. The van der Waals surface area contributed by atoms with Gasteiger partial charge in [0.2, 0.25) is 5.91 Å². The largest absolute Gasteiger partial charge is 0.504 e. The third-order valence-electron chi connectivity index (χ3n) is 3.52. The molecule has 0 aromatic heterocycles. The molecule has 1 aliphatic rings. The monoisotopic (exact) mass is 340 g/mol. The molecule has 0 radical (unpaired) electrons. The van der Waals surface area contributed by atoms with Gasteiger partial charge in [0.25, 0.3) is 0 Å². The Balaban J connectivity index is 1.89. The molecule has 2 rings (SSSR count). The molecular weight excluding hydrogens is 320 g/mol. The minimum atomic E-state index is -2.99. The summed E-state index contributed by atoms with van der Waals surface area (Å²) < 4.78 is 27.9. The number of aromatic hydroxyl groups is 1. The molecule has 0 spiro atoms. The minimum Gasteiger partial charge on any atom is -0.504 e. The van der Waals surface area contributed by atoms with Crippen LogP contribution in [0, 0.1) is 5.92 Å². The fourth-order valence-electron chi connectivity index (χ4n) is 2.43.